The molecule has 2 heterocycles. The van der Waals surface area contributed by atoms with Gasteiger partial charge in [-0.3, -0.25) is 9.59 Å². The quantitative estimate of drug-likeness (QED) is 0.0451. The number of hydrogen-bond acceptors (Lipinski definition) is 6. The van der Waals surface area contributed by atoms with Gasteiger partial charge >= 0.3 is 11.9 Å². The number of H-pyrrole nitrogens is 2. The van der Waals surface area contributed by atoms with E-state index in [0.717, 1.165) is 51.5 Å². The first-order valence-corrected chi connectivity index (χ1v) is 18.0. The maximum atomic E-state index is 13.4. The summed E-state index contributed by atoms with van der Waals surface area (Å²) in [5.41, 5.74) is 8.55. The molecule has 7 rings (SSSR count). The molecule has 55 heavy (non-hydrogen) atoms. The Labute approximate surface area is 318 Å². The normalized spacial score (nSPS) is 13.4. The minimum Gasteiger partial charge on any atom is -0.423 e. The van der Waals surface area contributed by atoms with E-state index >= 15 is 0 Å². The van der Waals surface area contributed by atoms with Crippen LogP contribution in [0.2, 0.25) is 0 Å². The lowest BCUT2D eigenvalue weighted by Crippen LogP contribution is -2.11. The molecular formula is C47H38N2O6. The van der Waals surface area contributed by atoms with Crippen LogP contribution in [0.3, 0.4) is 0 Å². The molecule has 1 atom stereocenters. The van der Waals surface area contributed by atoms with Gasteiger partial charge in [-0.05, 0) is 121 Å². The zero-order chi connectivity index (χ0) is 38.5. The number of Topliss-reactive ketones (excluding diaryl/α,β-unsaturated/α-hetero) is 2. The van der Waals surface area contributed by atoms with Crippen molar-refractivity contribution in [1.82, 2.24) is 9.97 Å². The van der Waals surface area contributed by atoms with Crippen LogP contribution < -0.4 is 9.47 Å². The molecule has 0 radical (unpaired) electrons. The number of ether oxygens (including phenoxy) is 2. The number of aromatic nitrogens is 2. The Morgan fingerprint density at radius 1 is 0.618 bits per heavy atom. The topological polar surface area (TPSA) is 118 Å². The van der Waals surface area contributed by atoms with E-state index in [2.05, 4.69) is 35.1 Å². The van der Waals surface area contributed by atoms with Crippen LogP contribution in [0.25, 0.3) is 45.4 Å². The smallest absolute Gasteiger partial charge is 0.343 e. The Morgan fingerprint density at radius 3 is 1.71 bits per heavy atom. The second kappa shape index (κ2) is 15.9. The lowest BCUT2D eigenvalue weighted by Gasteiger charge is -2.12. The van der Waals surface area contributed by atoms with Crippen molar-refractivity contribution in [2.45, 2.75) is 27.2 Å². The molecule has 0 saturated heterocycles. The number of benzene rings is 4. The number of carbonyl (C=O) groups excluding carboxylic acids is 4. The Hall–Kier alpha value is -7.06. The second-order valence-corrected chi connectivity index (χ2v) is 13.5. The summed E-state index contributed by atoms with van der Waals surface area (Å²) in [7, 11) is 0. The molecule has 272 valence electrons. The molecule has 0 bridgehead atoms. The largest absolute Gasteiger partial charge is 0.423 e. The summed E-state index contributed by atoms with van der Waals surface area (Å²) < 4.78 is 11.5. The molecule has 1 unspecified atom stereocenters. The molecule has 0 saturated carbocycles. The molecule has 4 aromatic carbocycles. The molecule has 8 nitrogen and oxygen atoms in total. The molecule has 8 heteroatoms. The molecule has 2 N–H and O–H groups in total. The third-order valence-electron chi connectivity index (χ3n) is 9.35. The summed E-state index contributed by atoms with van der Waals surface area (Å²) in [5.74, 6) is -1.49. The van der Waals surface area contributed by atoms with Gasteiger partial charge in [-0.25, -0.2) is 9.59 Å². The van der Waals surface area contributed by atoms with Crippen molar-refractivity contribution in [2.24, 2.45) is 5.92 Å². The SMILES string of the molecule is CC(=O)C(=Cc1cc(OC(=O)c2ccc(-c3ccc(-c4ccccc4)[nH]3)cc2)ccc1OC(=O)c1ccc(-c2ccc(C3=CC(C)CC=C3)[nH]2)cc1)C(C)=O. The van der Waals surface area contributed by atoms with Crippen LogP contribution >= 0.6 is 0 Å². The van der Waals surface area contributed by atoms with E-state index in [9.17, 15) is 19.2 Å². The first-order chi connectivity index (χ1) is 26.6. The van der Waals surface area contributed by atoms with Crippen molar-refractivity contribution in [3.8, 4) is 45.3 Å². The van der Waals surface area contributed by atoms with Gasteiger partial charge in [-0.15, -0.1) is 0 Å². The number of hydrogen-bond donors (Lipinski definition) is 2. The molecule has 6 aromatic rings. The van der Waals surface area contributed by atoms with Crippen LogP contribution in [0.15, 0.2) is 145 Å². The number of aromatic amines is 2. The fourth-order valence-electron chi connectivity index (χ4n) is 6.40. The first-order valence-electron chi connectivity index (χ1n) is 18.0. The average Bonchev–Trinajstić information content (AvgIpc) is 3.90. The standard InChI is InChI=1S/C47H38N2O6/c1-29-8-7-11-37(26-29)44-24-23-43(49-44)34-14-18-36(19-15-34)47(53)55-45-25-20-39(27-38(45)28-40(30(2)50)31(3)51)54-46(52)35-16-12-33(13-17-35)42-22-21-41(48-42)32-9-5-4-6-10-32/h4-7,9-29,48-49H,8H2,1-3H3. The van der Waals surface area contributed by atoms with Crippen molar-refractivity contribution < 1.29 is 28.7 Å². The van der Waals surface area contributed by atoms with Gasteiger partial charge in [0.1, 0.15) is 11.5 Å². The predicted octanol–water partition coefficient (Wildman–Crippen LogP) is 10.3. The number of ketones is 2. The molecule has 0 spiro atoms. The first kappa shape index (κ1) is 36.3. The molecular weight excluding hydrogens is 689 g/mol. The maximum Gasteiger partial charge on any atom is 0.343 e. The van der Waals surface area contributed by atoms with Gasteiger partial charge < -0.3 is 19.4 Å². The Kier molecular flexibility index (Phi) is 10.5. The van der Waals surface area contributed by atoms with Crippen LogP contribution in [-0.2, 0) is 9.59 Å². The Balaban J connectivity index is 1.07. The monoisotopic (exact) mass is 726 g/mol. The number of allylic oxidation sites excluding steroid dienone is 5. The summed E-state index contributed by atoms with van der Waals surface area (Å²) in [6, 6.07) is 36.4. The lowest BCUT2D eigenvalue weighted by molar-refractivity contribution is -0.119. The molecule has 0 aliphatic heterocycles. The third kappa shape index (κ3) is 8.45. The lowest BCUT2D eigenvalue weighted by atomic mass is 9.96. The van der Waals surface area contributed by atoms with Crippen molar-refractivity contribution in [1.29, 1.82) is 0 Å². The highest BCUT2D eigenvalue weighted by atomic mass is 16.5. The van der Waals surface area contributed by atoms with Crippen molar-refractivity contribution in [3.05, 3.63) is 168 Å². The zero-order valence-electron chi connectivity index (χ0n) is 30.6. The zero-order valence-corrected chi connectivity index (χ0v) is 30.6. The number of rotatable bonds is 11. The molecule has 0 fully saturated rings. The van der Waals surface area contributed by atoms with E-state index < -0.39 is 23.5 Å². The highest BCUT2D eigenvalue weighted by molar-refractivity contribution is 6.21. The molecule has 1 aliphatic carbocycles. The van der Waals surface area contributed by atoms with Crippen molar-refractivity contribution in [2.75, 3.05) is 0 Å². The van der Waals surface area contributed by atoms with E-state index in [0.29, 0.717) is 17.0 Å². The fourth-order valence-corrected chi connectivity index (χ4v) is 6.40. The van der Waals surface area contributed by atoms with Gasteiger partial charge in [0, 0.05) is 28.3 Å². The summed E-state index contributed by atoms with van der Waals surface area (Å²) in [4.78, 5) is 58.2. The van der Waals surface area contributed by atoms with Gasteiger partial charge in [0.15, 0.2) is 11.6 Å². The van der Waals surface area contributed by atoms with Crippen LogP contribution in [0, 0.1) is 5.92 Å². The van der Waals surface area contributed by atoms with E-state index in [-0.39, 0.29) is 22.6 Å². The van der Waals surface area contributed by atoms with Crippen molar-refractivity contribution in [3.63, 3.8) is 0 Å². The van der Waals surface area contributed by atoms with Gasteiger partial charge in [0.25, 0.3) is 0 Å². The van der Waals surface area contributed by atoms with E-state index in [1.54, 1.807) is 24.3 Å². The molecule has 0 amide bonds. The van der Waals surface area contributed by atoms with E-state index in [4.69, 9.17) is 9.47 Å². The Morgan fingerprint density at radius 2 is 1.15 bits per heavy atom. The van der Waals surface area contributed by atoms with Gasteiger partial charge in [0.05, 0.1) is 16.7 Å². The predicted molar refractivity (Wildman–Crippen MR) is 214 cm³/mol. The summed E-state index contributed by atoms with van der Waals surface area (Å²) >= 11 is 0. The highest BCUT2D eigenvalue weighted by Crippen LogP contribution is 2.31. The van der Waals surface area contributed by atoms with Crippen molar-refractivity contribution >= 4 is 35.2 Å². The summed E-state index contributed by atoms with van der Waals surface area (Å²) in [5, 5.41) is 0. The van der Waals surface area contributed by atoms with E-state index in [1.807, 2.05) is 78.9 Å². The van der Waals surface area contributed by atoms with Gasteiger partial charge in [0.2, 0.25) is 0 Å². The summed E-state index contributed by atoms with van der Waals surface area (Å²) in [6.07, 6.45) is 8.91. The highest BCUT2D eigenvalue weighted by Gasteiger charge is 2.18. The minimum absolute atomic E-state index is 0.0797. The average molecular weight is 727 g/mol. The third-order valence-corrected chi connectivity index (χ3v) is 9.35. The molecule has 1 aliphatic rings. The van der Waals surface area contributed by atoms with Gasteiger partial charge in [-0.1, -0.05) is 79.7 Å². The summed E-state index contributed by atoms with van der Waals surface area (Å²) in [6.45, 7) is 4.74. The Bertz CT molecular complexity index is 2480. The minimum atomic E-state index is -0.644. The molecule has 2 aromatic heterocycles. The second-order valence-electron chi connectivity index (χ2n) is 13.5. The van der Waals surface area contributed by atoms with Crippen LogP contribution in [0.5, 0.6) is 11.5 Å². The number of esters is 2. The number of carbonyl (C=O) groups is 4. The van der Waals surface area contributed by atoms with E-state index in [1.165, 1.54) is 38.1 Å². The number of nitrogens with one attached hydrogen (secondary N) is 2. The van der Waals surface area contributed by atoms with Crippen LogP contribution in [-0.4, -0.2) is 33.5 Å². The maximum absolute atomic E-state index is 13.4. The van der Waals surface area contributed by atoms with Crippen LogP contribution in [0.4, 0.5) is 0 Å². The van der Waals surface area contributed by atoms with Gasteiger partial charge in [-0.2, -0.15) is 0 Å². The van der Waals surface area contributed by atoms with Crippen LogP contribution in [0.1, 0.15) is 59.2 Å². The fraction of sp³-hybridized carbons (Fsp3) is 0.106.